The Morgan fingerprint density at radius 1 is 1.03 bits per heavy atom. The molecule has 1 N–H and O–H groups in total. The molecule has 0 aromatic heterocycles. The quantitative estimate of drug-likeness (QED) is 0.603. The maximum atomic E-state index is 13.9. The van der Waals surface area contributed by atoms with Crippen molar-refractivity contribution < 1.29 is 22.7 Å². The minimum absolute atomic E-state index is 0.0992. The van der Waals surface area contributed by atoms with Crippen LogP contribution in [0.2, 0.25) is 0 Å². The first kappa shape index (κ1) is 27.5. The van der Waals surface area contributed by atoms with Gasteiger partial charge in [0, 0.05) is 25.0 Å². The summed E-state index contributed by atoms with van der Waals surface area (Å²) in [5.74, 6) is 0.158. The van der Waals surface area contributed by atoms with Gasteiger partial charge in [0.2, 0.25) is 15.9 Å². The molecule has 1 aliphatic carbocycles. The molecule has 39 heavy (non-hydrogen) atoms. The predicted molar refractivity (Wildman–Crippen MR) is 151 cm³/mol. The molecule has 8 nitrogen and oxygen atoms in total. The largest absolute Gasteiger partial charge is 0.444 e. The molecule has 5 rings (SSSR count). The smallest absolute Gasteiger partial charge is 0.408 e. The number of benzene rings is 2. The summed E-state index contributed by atoms with van der Waals surface area (Å²) in [6.07, 6.45) is 4.30. The van der Waals surface area contributed by atoms with Crippen molar-refractivity contribution in [2.75, 3.05) is 30.2 Å². The number of nitrogens with one attached hydrogen (secondary N) is 1. The second-order valence-corrected chi connectivity index (χ2v) is 14.3. The van der Waals surface area contributed by atoms with Gasteiger partial charge in [-0.2, -0.15) is 0 Å². The van der Waals surface area contributed by atoms with Crippen molar-refractivity contribution in [3.63, 3.8) is 0 Å². The first-order valence-corrected chi connectivity index (χ1v) is 15.6. The van der Waals surface area contributed by atoms with Gasteiger partial charge in [-0.1, -0.05) is 42.5 Å². The molecule has 9 heteroatoms. The summed E-state index contributed by atoms with van der Waals surface area (Å²) < 4.78 is 32.1. The van der Waals surface area contributed by atoms with E-state index in [1.807, 2.05) is 41.3 Å². The monoisotopic (exact) mass is 553 g/mol. The molecule has 1 saturated heterocycles. The van der Waals surface area contributed by atoms with Crippen LogP contribution in [-0.4, -0.2) is 62.9 Å². The predicted octanol–water partition coefficient (Wildman–Crippen LogP) is 4.02. The molecular weight excluding hydrogens is 514 g/mol. The van der Waals surface area contributed by atoms with E-state index in [-0.39, 0.29) is 17.2 Å². The van der Waals surface area contributed by atoms with Gasteiger partial charge >= 0.3 is 6.09 Å². The molecule has 0 radical (unpaired) electrons. The number of amides is 2. The zero-order valence-electron chi connectivity index (χ0n) is 23.3. The van der Waals surface area contributed by atoms with E-state index in [1.54, 1.807) is 20.8 Å². The molecule has 2 aliphatic heterocycles. The molecule has 1 fully saturated rings. The minimum atomic E-state index is -3.41. The van der Waals surface area contributed by atoms with Gasteiger partial charge in [0.1, 0.15) is 11.6 Å². The van der Waals surface area contributed by atoms with Crippen LogP contribution in [0, 0.1) is 5.92 Å². The number of fused-ring (bicyclic) bond motifs is 3. The lowest BCUT2D eigenvalue weighted by molar-refractivity contribution is -0.135. The topological polar surface area (TPSA) is 96.0 Å². The number of alkyl carbamates (subject to hydrolysis) is 1. The number of rotatable bonds is 5. The summed E-state index contributed by atoms with van der Waals surface area (Å²) in [6, 6.07) is 15.4. The zero-order valence-corrected chi connectivity index (χ0v) is 24.1. The molecule has 2 aromatic rings. The van der Waals surface area contributed by atoms with Crippen LogP contribution < -0.4 is 9.62 Å². The number of anilines is 1. The third kappa shape index (κ3) is 5.78. The van der Waals surface area contributed by atoms with Crippen molar-refractivity contribution >= 4 is 27.7 Å². The Morgan fingerprint density at radius 2 is 1.62 bits per heavy atom. The lowest BCUT2D eigenvalue weighted by atomic mass is 9.74. The number of ether oxygens (including phenoxy) is 1. The van der Waals surface area contributed by atoms with E-state index in [1.165, 1.54) is 21.7 Å². The Morgan fingerprint density at radius 3 is 2.21 bits per heavy atom. The fourth-order valence-corrected chi connectivity index (χ4v) is 7.50. The third-order valence-corrected chi connectivity index (χ3v) is 9.44. The number of sulfonamides is 1. The summed E-state index contributed by atoms with van der Waals surface area (Å²) in [4.78, 5) is 28.5. The summed E-state index contributed by atoms with van der Waals surface area (Å²) in [5, 5.41) is 2.89. The van der Waals surface area contributed by atoms with Crippen LogP contribution in [0.5, 0.6) is 0 Å². The molecule has 2 heterocycles. The van der Waals surface area contributed by atoms with Crippen LogP contribution in [0.1, 0.15) is 56.7 Å². The maximum absolute atomic E-state index is 13.9. The van der Waals surface area contributed by atoms with Gasteiger partial charge in [-0.25, -0.2) is 13.2 Å². The van der Waals surface area contributed by atoms with Crippen LogP contribution >= 0.6 is 0 Å². The highest BCUT2D eigenvalue weighted by Crippen LogP contribution is 2.48. The second-order valence-electron chi connectivity index (χ2n) is 12.4. The molecule has 1 spiro atoms. The fourth-order valence-electron chi connectivity index (χ4n) is 6.50. The van der Waals surface area contributed by atoms with E-state index in [9.17, 15) is 18.0 Å². The number of nitrogens with zero attached hydrogens (tertiary/aromatic N) is 2. The lowest BCUT2D eigenvalue weighted by Gasteiger charge is -2.41. The highest BCUT2D eigenvalue weighted by Gasteiger charge is 2.48. The van der Waals surface area contributed by atoms with E-state index in [2.05, 4.69) is 17.4 Å². The molecule has 0 saturated carbocycles. The Balaban J connectivity index is 1.31. The van der Waals surface area contributed by atoms with Gasteiger partial charge < -0.3 is 15.0 Å². The second kappa shape index (κ2) is 10.2. The third-order valence-electron chi connectivity index (χ3n) is 8.32. The lowest BCUT2D eigenvalue weighted by Crippen LogP contribution is -2.54. The maximum Gasteiger partial charge on any atom is 0.408 e. The van der Waals surface area contributed by atoms with Crippen molar-refractivity contribution in [1.82, 2.24) is 10.2 Å². The number of likely N-dealkylation sites (tertiary alicyclic amines) is 1. The Bertz CT molecular complexity index is 1330. The van der Waals surface area contributed by atoms with Crippen molar-refractivity contribution in [2.45, 2.75) is 69.9 Å². The molecule has 0 unspecified atom stereocenters. The molecule has 0 bridgehead atoms. The number of hydrogen-bond acceptors (Lipinski definition) is 5. The SMILES string of the molecule is CC(C)(C)OC(=O)N[C@@H](CC1Cc2ccccc2C1)C(=O)N1CCC2(CC1)CN(S(C)(=O)=O)c1ccccc12. The number of para-hydroxylation sites is 1. The van der Waals surface area contributed by atoms with Crippen LogP contribution in [0.3, 0.4) is 0 Å². The highest BCUT2D eigenvalue weighted by atomic mass is 32.2. The molecule has 2 amide bonds. The molecular formula is C30H39N3O5S. The normalized spacial score (nSPS) is 19.5. The van der Waals surface area contributed by atoms with E-state index < -0.39 is 27.8 Å². The Labute approximate surface area is 231 Å². The van der Waals surface area contributed by atoms with Gasteiger partial charge in [0.05, 0.1) is 11.9 Å². The number of piperidine rings is 1. The molecule has 210 valence electrons. The van der Waals surface area contributed by atoms with E-state index in [0.717, 1.165) is 24.1 Å². The molecule has 3 aliphatic rings. The Kier molecular flexibility index (Phi) is 7.16. The minimum Gasteiger partial charge on any atom is -0.444 e. The van der Waals surface area contributed by atoms with E-state index >= 15 is 0 Å². The van der Waals surface area contributed by atoms with Crippen molar-refractivity contribution in [3.8, 4) is 0 Å². The van der Waals surface area contributed by atoms with Gasteiger partial charge in [-0.15, -0.1) is 0 Å². The van der Waals surface area contributed by atoms with Crippen LogP contribution in [-0.2, 0) is 37.8 Å². The van der Waals surface area contributed by atoms with Gasteiger partial charge in [0.15, 0.2) is 0 Å². The van der Waals surface area contributed by atoms with Gasteiger partial charge in [0.25, 0.3) is 0 Å². The molecule has 1 atom stereocenters. The standard InChI is InChI=1S/C30H39N3O5S/c1-29(2,3)38-28(35)31-25(19-21-17-22-9-5-6-10-23(22)18-21)27(34)32-15-13-30(14-16-32)20-33(39(4,36)37)26-12-8-7-11-24(26)30/h5-12,21,25H,13-20H2,1-4H3,(H,31,35)/t25-/m0/s1. The summed E-state index contributed by atoms with van der Waals surface area (Å²) in [7, 11) is -3.41. The summed E-state index contributed by atoms with van der Waals surface area (Å²) >= 11 is 0. The van der Waals surface area contributed by atoms with E-state index in [4.69, 9.17) is 4.74 Å². The van der Waals surface area contributed by atoms with Crippen LogP contribution in [0.25, 0.3) is 0 Å². The summed E-state index contributed by atoms with van der Waals surface area (Å²) in [5.41, 5.74) is 3.40. The first-order chi connectivity index (χ1) is 18.3. The van der Waals surface area contributed by atoms with Crippen LogP contribution in [0.15, 0.2) is 48.5 Å². The first-order valence-electron chi connectivity index (χ1n) is 13.8. The number of carbonyl (C=O) groups excluding carboxylic acids is 2. The van der Waals surface area contributed by atoms with Crippen molar-refractivity contribution in [3.05, 3.63) is 65.2 Å². The summed E-state index contributed by atoms with van der Waals surface area (Å²) in [6.45, 7) is 6.82. The zero-order chi connectivity index (χ0) is 28.0. The number of carbonyl (C=O) groups is 2. The average molecular weight is 554 g/mol. The number of hydrogen-bond donors (Lipinski definition) is 1. The van der Waals surface area contributed by atoms with Crippen molar-refractivity contribution in [2.24, 2.45) is 5.92 Å². The van der Waals surface area contributed by atoms with Crippen LogP contribution in [0.4, 0.5) is 10.5 Å². The highest BCUT2D eigenvalue weighted by molar-refractivity contribution is 7.92. The Hall–Kier alpha value is -3.07. The van der Waals surface area contributed by atoms with Gasteiger partial charge in [-0.3, -0.25) is 9.10 Å². The van der Waals surface area contributed by atoms with Crippen molar-refractivity contribution in [1.29, 1.82) is 0 Å². The fraction of sp³-hybridized carbons (Fsp3) is 0.533. The van der Waals surface area contributed by atoms with E-state index in [0.29, 0.717) is 38.9 Å². The molecule has 2 aromatic carbocycles. The van der Waals surface area contributed by atoms with Gasteiger partial charge in [-0.05, 0) is 81.5 Å². The average Bonchev–Trinajstić information content (AvgIpc) is 3.42.